The monoisotopic (exact) mass is 528 g/mol. The summed E-state index contributed by atoms with van der Waals surface area (Å²) in [6.45, 7) is 11.6. The van der Waals surface area contributed by atoms with Crippen molar-refractivity contribution in [3.63, 3.8) is 0 Å². The predicted molar refractivity (Wildman–Crippen MR) is 157 cm³/mol. The van der Waals surface area contributed by atoms with Crippen molar-refractivity contribution in [2.75, 3.05) is 6.61 Å². The van der Waals surface area contributed by atoms with Gasteiger partial charge >= 0.3 is 0 Å². The van der Waals surface area contributed by atoms with Gasteiger partial charge in [0.05, 0.1) is 13.2 Å². The lowest BCUT2D eigenvalue weighted by molar-refractivity contribution is -0.0818. The first-order valence-electron chi connectivity index (χ1n) is 13.4. The molecule has 0 unspecified atom stereocenters. The molecule has 1 N–H and O–H groups in total. The summed E-state index contributed by atoms with van der Waals surface area (Å²) < 4.78 is 20.0. The first-order chi connectivity index (χ1) is 18.3. The van der Waals surface area contributed by atoms with Crippen molar-refractivity contribution in [2.24, 2.45) is 0 Å². The Balaban J connectivity index is 1.69. The summed E-state index contributed by atoms with van der Waals surface area (Å²) in [5.41, 5.74) is 1.10. The lowest BCUT2D eigenvalue weighted by Crippen LogP contribution is -2.67. The molecule has 0 fully saturated rings. The maximum atomic E-state index is 10.6. The number of hydrogen-bond donors (Lipinski definition) is 1. The van der Waals surface area contributed by atoms with Crippen molar-refractivity contribution in [2.45, 2.75) is 63.6 Å². The van der Waals surface area contributed by atoms with Crippen LogP contribution in [0.4, 0.5) is 0 Å². The van der Waals surface area contributed by atoms with Crippen LogP contribution in [-0.4, -0.2) is 38.3 Å². The second kappa shape index (κ2) is 12.7. The Morgan fingerprint density at radius 3 is 1.92 bits per heavy atom. The molecule has 1 aliphatic rings. The van der Waals surface area contributed by atoms with Crippen LogP contribution in [-0.2, 0) is 20.5 Å². The molecule has 0 aliphatic carbocycles. The van der Waals surface area contributed by atoms with Crippen LogP contribution in [0.1, 0.15) is 39.2 Å². The van der Waals surface area contributed by atoms with E-state index in [1.165, 1.54) is 10.4 Å². The van der Waals surface area contributed by atoms with Crippen LogP contribution >= 0.6 is 0 Å². The third kappa shape index (κ3) is 6.53. The molecule has 0 saturated heterocycles. The summed E-state index contributed by atoms with van der Waals surface area (Å²) in [5, 5.41) is 12.8. The summed E-state index contributed by atoms with van der Waals surface area (Å²) in [6, 6.07) is 31.3. The van der Waals surface area contributed by atoms with Crippen LogP contribution in [0.15, 0.2) is 115 Å². The average molecular weight is 529 g/mol. The van der Waals surface area contributed by atoms with Crippen LogP contribution in [0, 0.1) is 0 Å². The molecular weight excluding hydrogens is 488 g/mol. The van der Waals surface area contributed by atoms with Crippen molar-refractivity contribution in [3.05, 3.63) is 121 Å². The highest BCUT2D eigenvalue weighted by Gasteiger charge is 2.50. The fourth-order valence-electron chi connectivity index (χ4n) is 5.15. The molecule has 3 aromatic rings. The third-order valence-corrected chi connectivity index (χ3v) is 12.2. The van der Waals surface area contributed by atoms with E-state index in [1.807, 2.05) is 36.4 Å². The van der Waals surface area contributed by atoms with Crippen LogP contribution in [0.25, 0.3) is 0 Å². The van der Waals surface area contributed by atoms with Crippen LogP contribution in [0.2, 0.25) is 5.04 Å². The van der Waals surface area contributed by atoms with E-state index in [9.17, 15) is 5.11 Å². The van der Waals surface area contributed by atoms with E-state index in [4.69, 9.17) is 13.9 Å². The lowest BCUT2D eigenvalue weighted by atomic mass is 10.1. The first kappa shape index (κ1) is 28.1. The molecular formula is C33H40O4Si. The van der Waals surface area contributed by atoms with Crippen LogP contribution in [0.5, 0.6) is 0 Å². The molecule has 200 valence electrons. The Bertz CT molecular complexity index is 1130. The van der Waals surface area contributed by atoms with E-state index < -0.39 is 20.5 Å². The number of hydrogen-bond acceptors (Lipinski definition) is 4. The van der Waals surface area contributed by atoms with Gasteiger partial charge < -0.3 is 19.0 Å². The summed E-state index contributed by atoms with van der Waals surface area (Å²) in [7, 11) is -2.78. The average Bonchev–Trinajstić information content (AvgIpc) is 2.99. The first-order valence-corrected chi connectivity index (χ1v) is 15.3. The summed E-state index contributed by atoms with van der Waals surface area (Å²) >= 11 is 0. The Hall–Kier alpha value is -2.96. The molecule has 0 radical (unpaired) electrons. The van der Waals surface area contributed by atoms with Gasteiger partial charge in [-0.15, -0.1) is 0 Å². The van der Waals surface area contributed by atoms with Crippen molar-refractivity contribution in [1.29, 1.82) is 0 Å². The van der Waals surface area contributed by atoms with Crippen molar-refractivity contribution in [1.82, 2.24) is 0 Å². The number of ether oxygens (including phenoxy) is 2. The fraction of sp³-hybridized carbons (Fsp3) is 0.333. The molecule has 0 saturated carbocycles. The molecule has 0 aromatic heterocycles. The van der Waals surface area contributed by atoms with Gasteiger partial charge in [-0.2, -0.15) is 0 Å². The van der Waals surface area contributed by atoms with Gasteiger partial charge in [0.25, 0.3) is 8.32 Å². The maximum Gasteiger partial charge on any atom is 0.261 e. The number of benzene rings is 3. The SMILES string of the molecule is C=C1O[C@H](CO[Si](c2ccccc2)(c2ccccc2)C(C)(C)C)[C@@H](OCc2ccccc2)C/C=C\C[C@@H]1O. The zero-order valence-electron chi connectivity index (χ0n) is 22.8. The molecule has 0 spiro atoms. The third-order valence-electron chi connectivity index (χ3n) is 7.17. The van der Waals surface area contributed by atoms with Gasteiger partial charge in [-0.25, -0.2) is 0 Å². The molecule has 4 rings (SSSR count). The van der Waals surface area contributed by atoms with E-state index in [-0.39, 0.29) is 11.1 Å². The minimum Gasteiger partial charge on any atom is -0.488 e. The van der Waals surface area contributed by atoms with Gasteiger partial charge in [0.1, 0.15) is 24.1 Å². The molecule has 0 bridgehead atoms. The van der Waals surface area contributed by atoms with Crippen LogP contribution < -0.4 is 10.4 Å². The second-order valence-electron chi connectivity index (χ2n) is 10.9. The zero-order chi connectivity index (χ0) is 27.0. The van der Waals surface area contributed by atoms with E-state index in [1.54, 1.807) is 0 Å². The summed E-state index contributed by atoms with van der Waals surface area (Å²) in [4.78, 5) is 0. The Morgan fingerprint density at radius 1 is 0.842 bits per heavy atom. The molecule has 3 atom stereocenters. The Kier molecular flexibility index (Phi) is 9.39. The van der Waals surface area contributed by atoms with Gasteiger partial charge in [-0.05, 0) is 33.8 Å². The highest BCUT2D eigenvalue weighted by atomic mass is 28.4. The second-order valence-corrected chi connectivity index (χ2v) is 15.2. The quantitative estimate of drug-likeness (QED) is 0.298. The topological polar surface area (TPSA) is 47.9 Å². The normalized spacial score (nSPS) is 21.6. The number of aliphatic hydroxyl groups is 1. The van der Waals surface area contributed by atoms with Gasteiger partial charge in [-0.3, -0.25) is 0 Å². The zero-order valence-corrected chi connectivity index (χ0v) is 23.8. The fourth-order valence-corrected chi connectivity index (χ4v) is 9.72. The maximum absolute atomic E-state index is 10.6. The lowest BCUT2D eigenvalue weighted by Gasteiger charge is -2.44. The van der Waals surface area contributed by atoms with Crippen molar-refractivity contribution >= 4 is 18.7 Å². The molecule has 4 nitrogen and oxygen atoms in total. The predicted octanol–water partition coefficient (Wildman–Crippen LogP) is 5.76. The standard InChI is InChI=1S/C33H40O4Si/c1-26-30(34)22-14-15-23-31(35-24-27-16-8-5-9-17-27)32(37-26)25-36-38(33(2,3)4,28-18-10-6-11-19-28)29-20-12-7-13-21-29/h5-21,30-32,34H,1,22-25H2,2-4H3/b15-14-/t30-,31-,32+/m0/s1. The van der Waals surface area contributed by atoms with Crippen molar-refractivity contribution in [3.8, 4) is 0 Å². The Labute approximate surface area is 228 Å². The van der Waals surface area contributed by atoms with Gasteiger partial charge in [0.2, 0.25) is 0 Å². The highest BCUT2D eigenvalue weighted by molar-refractivity contribution is 6.99. The van der Waals surface area contributed by atoms with E-state index >= 15 is 0 Å². The summed E-state index contributed by atoms with van der Waals surface area (Å²) in [6.07, 6.45) is 3.68. The van der Waals surface area contributed by atoms with Gasteiger partial charge in [0.15, 0.2) is 0 Å². The minimum atomic E-state index is -2.78. The molecule has 5 heteroatoms. The molecule has 38 heavy (non-hydrogen) atoms. The minimum absolute atomic E-state index is 0.162. The summed E-state index contributed by atoms with van der Waals surface area (Å²) in [5.74, 6) is 0.348. The Morgan fingerprint density at radius 2 is 1.37 bits per heavy atom. The molecule has 3 aromatic carbocycles. The smallest absolute Gasteiger partial charge is 0.261 e. The van der Waals surface area contributed by atoms with E-state index in [0.29, 0.717) is 31.8 Å². The molecule has 1 aliphatic heterocycles. The number of aliphatic hydroxyl groups excluding tert-OH is 1. The molecule has 0 amide bonds. The molecule has 1 heterocycles. The van der Waals surface area contributed by atoms with E-state index in [2.05, 4.69) is 94.1 Å². The van der Waals surface area contributed by atoms with Crippen molar-refractivity contribution < 1.29 is 19.0 Å². The largest absolute Gasteiger partial charge is 0.488 e. The van der Waals surface area contributed by atoms with E-state index in [0.717, 1.165) is 5.56 Å². The van der Waals surface area contributed by atoms with Crippen LogP contribution in [0.3, 0.4) is 0 Å². The van der Waals surface area contributed by atoms with Gasteiger partial charge in [-0.1, -0.05) is 130 Å². The highest BCUT2D eigenvalue weighted by Crippen LogP contribution is 2.37. The number of rotatable bonds is 8. The van der Waals surface area contributed by atoms with Gasteiger partial charge in [0, 0.05) is 0 Å².